The van der Waals surface area contributed by atoms with Gasteiger partial charge in [0.15, 0.2) is 0 Å². The lowest BCUT2D eigenvalue weighted by molar-refractivity contribution is 0.0825. The predicted molar refractivity (Wildman–Crippen MR) is 109 cm³/mol. The molecule has 0 aliphatic carbocycles. The SMILES string of the molecule is CCC(C)NC[C@@H](O)[C@H](Cc1ccccc1)NC(=O)c1ccccc1.Cl. The average molecular weight is 377 g/mol. The Morgan fingerprint density at radius 3 is 2.19 bits per heavy atom. The van der Waals surface area contributed by atoms with Gasteiger partial charge >= 0.3 is 0 Å². The summed E-state index contributed by atoms with van der Waals surface area (Å²) in [5.41, 5.74) is 1.69. The number of amides is 1. The number of benzene rings is 2. The molecule has 142 valence electrons. The molecular weight excluding hydrogens is 348 g/mol. The zero-order chi connectivity index (χ0) is 18.1. The molecule has 0 saturated carbocycles. The smallest absolute Gasteiger partial charge is 0.251 e. The van der Waals surface area contributed by atoms with E-state index in [4.69, 9.17) is 0 Å². The molecule has 0 fully saturated rings. The summed E-state index contributed by atoms with van der Waals surface area (Å²) in [5, 5.41) is 16.9. The largest absolute Gasteiger partial charge is 0.390 e. The molecule has 0 spiro atoms. The Bertz CT molecular complexity index is 637. The first-order valence-electron chi connectivity index (χ1n) is 8.91. The molecule has 1 amide bonds. The van der Waals surface area contributed by atoms with E-state index >= 15 is 0 Å². The van der Waals surface area contributed by atoms with E-state index in [-0.39, 0.29) is 24.4 Å². The number of halogens is 1. The summed E-state index contributed by atoms with van der Waals surface area (Å²) >= 11 is 0. The molecule has 0 aliphatic heterocycles. The number of carbonyl (C=O) groups is 1. The van der Waals surface area contributed by atoms with E-state index in [0.29, 0.717) is 24.6 Å². The minimum atomic E-state index is -0.665. The lowest BCUT2D eigenvalue weighted by Gasteiger charge is -2.26. The molecule has 2 aromatic carbocycles. The van der Waals surface area contributed by atoms with Gasteiger partial charge in [0.05, 0.1) is 12.1 Å². The average Bonchev–Trinajstić information content (AvgIpc) is 2.66. The fraction of sp³-hybridized carbons (Fsp3) is 0.381. The second-order valence-electron chi connectivity index (χ2n) is 6.42. The molecule has 1 unspecified atom stereocenters. The van der Waals surface area contributed by atoms with Crippen LogP contribution in [0.1, 0.15) is 36.2 Å². The van der Waals surface area contributed by atoms with Gasteiger partial charge in [-0.2, -0.15) is 0 Å². The van der Waals surface area contributed by atoms with Crippen LogP contribution >= 0.6 is 12.4 Å². The molecule has 2 aromatic rings. The molecular formula is C21H29ClN2O2. The highest BCUT2D eigenvalue weighted by Crippen LogP contribution is 2.08. The van der Waals surface area contributed by atoms with Gasteiger partial charge in [-0.25, -0.2) is 0 Å². The number of carbonyl (C=O) groups excluding carboxylic acids is 1. The first-order chi connectivity index (χ1) is 12.1. The third-order valence-electron chi connectivity index (χ3n) is 4.40. The Morgan fingerprint density at radius 2 is 1.62 bits per heavy atom. The van der Waals surface area contributed by atoms with Gasteiger partial charge in [0.25, 0.3) is 5.91 Å². The number of hydrogen-bond donors (Lipinski definition) is 3. The van der Waals surface area contributed by atoms with Crippen LogP contribution < -0.4 is 10.6 Å². The van der Waals surface area contributed by atoms with Crippen LogP contribution in [0.4, 0.5) is 0 Å². The number of aliphatic hydroxyl groups is 1. The molecule has 0 aromatic heterocycles. The van der Waals surface area contributed by atoms with Crippen molar-refractivity contribution in [1.29, 1.82) is 0 Å². The van der Waals surface area contributed by atoms with E-state index in [1.165, 1.54) is 0 Å². The maximum atomic E-state index is 12.5. The molecule has 5 heteroatoms. The van der Waals surface area contributed by atoms with Crippen molar-refractivity contribution in [3.05, 3.63) is 71.8 Å². The van der Waals surface area contributed by atoms with E-state index in [1.54, 1.807) is 12.1 Å². The summed E-state index contributed by atoms with van der Waals surface area (Å²) in [5.74, 6) is -0.163. The van der Waals surface area contributed by atoms with Crippen molar-refractivity contribution >= 4 is 18.3 Å². The van der Waals surface area contributed by atoms with Crippen molar-refractivity contribution in [2.45, 2.75) is 44.9 Å². The summed E-state index contributed by atoms with van der Waals surface area (Å²) in [6.07, 6.45) is 0.914. The molecule has 0 radical (unpaired) electrons. The van der Waals surface area contributed by atoms with Crippen molar-refractivity contribution in [3.63, 3.8) is 0 Å². The number of aliphatic hydroxyl groups excluding tert-OH is 1. The van der Waals surface area contributed by atoms with E-state index in [9.17, 15) is 9.90 Å². The Kier molecular flexibility index (Phi) is 9.96. The molecule has 26 heavy (non-hydrogen) atoms. The van der Waals surface area contributed by atoms with Crippen molar-refractivity contribution in [3.8, 4) is 0 Å². The lowest BCUT2D eigenvalue weighted by Crippen LogP contribution is -2.49. The number of nitrogens with one attached hydrogen (secondary N) is 2. The maximum Gasteiger partial charge on any atom is 0.251 e. The highest BCUT2D eigenvalue weighted by molar-refractivity contribution is 5.94. The third kappa shape index (κ3) is 7.16. The Balaban J connectivity index is 0.00000338. The van der Waals surface area contributed by atoms with Crippen molar-refractivity contribution in [1.82, 2.24) is 10.6 Å². The minimum Gasteiger partial charge on any atom is -0.390 e. The summed E-state index contributed by atoms with van der Waals surface area (Å²) in [4.78, 5) is 12.5. The molecule has 2 rings (SSSR count). The van der Waals surface area contributed by atoms with E-state index in [0.717, 1.165) is 12.0 Å². The fourth-order valence-electron chi connectivity index (χ4n) is 2.60. The second-order valence-corrected chi connectivity index (χ2v) is 6.42. The van der Waals surface area contributed by atoms with Crippen LogP contribution in [-0.2, 0) is 6.42 Å². The van der Waals surface area contributed by atoms with Crippen LogP contribution in [0.25, 0.3) is 0 Å². The lowest BCUT2D eigenvalue weighted by atomic mass is 10.00. The summed E-state index contributed by atoms with van der Waals surface area (Å²) < 4.78 is 0. The maximum absolute atomic E-state index is 12.5. The van der Waals surface area contributed by atoms with Gasteiger partial charge < -0.3 is 15.7 Å². The van der Waals surface area contributed by atoms with E-state index in [2.05, 4.69) is 24.5 Å². The van der Waals surface area contributed by atoms with Crippen molar-refractivity contribution in [2.24, 2.45) is 0 Å². The Morgan fingerprint density at radius 1 is 1.04 bits per heavy atom. The van der Waals surface area contributed by atoms with Gasteiger partial charge in [0, 0.05) is 18.2 Å². The number of rotatable bonds is 9. The quantitative estimate of drug-likeness (QED) is 0.629. The molecule has 3 N–H and O–H groups in total. The predicted octanol–water partition coefficient (Wildman–Crippen LogP) is 3.20. The van der Waals surface area contributed by atoms with Crippen LogP contribution in [0.2, 0.25) is 0 Å². The van der Waals surface area contributed by atoms with Gasteiger partial charge in [-0.15, -0.1) is 12.4 Å². The standard InChI is InChI=1S/C21H28N2O2.ClH/c1-3-16(2)22-15-20(24)19(14-17-10-6-4-7-11-17)23-21(25)18-12-8-5-9-13-18;/h4-13,16,19-20,22,24H,3,14-15H2,1-2H3,(H,23,25);1H/t16?,19-,20+;/m0./s1. The van der Waals surface area contributed by atoms with E-state index < -0.39 is 6.10 Å². The van der Waals surface area contributed by atoms with Gasteiger partial charge in [0.2, 0.25) is 0 Å². The zero-order valence-electron chi connectivity index (χ0n) is 15.4. The van der Waals surface area contributed by atoms with Gasteiger partial charge in [-0.3, -0.25) is 4.79 Å². The number of hydrogen-bond acceptors (Lipinski definition) is 3. The van der Waals surface area contributed by atoms with Crippen LogP contribution in [-0.4, -0.2) is 35.7 Å². The summed E-state index contributed by atoms with van der Waals surface area (Å²) in [7, 11) is 0. The van der Waals surface area contributed by atoms with Crippen LogP contribution in [0.5, 0.6) is 0 Å². The fourth-order valence-corrected chi connectivity index (χ4v) is 2.60. The first-order valence-corrected chi connectivity index (χ1v) is 8.91. The minimum absolute atomic E-state index is 0. The van der Waals surface area contributed by atoms with E-state index in [1.807, 2.05) is 48.5 Å². The van der Waals surface area contributed by atoms with Gasteiger partial charge in [-0.1, -0.05) is 55.5 Å². The topological polar surface area (TPSA) is 61.4 Å². The third-order valence-corrected chi connectivity index (χ3v) is 4.40. The van der Waals surface area contributed by atoms with Gasteiger partial charge in [-0.05, 0) is 37.5 Å². The van der Waals surface area contributed by atoms with Crippen molar-refractivity contribution in [2.75, 3.05) is 6.54 Å². The monoisotopic (exact) mass is 376 g/mol. The molecule has 0 heterocycles. The molecule has 4 nitrogen and oxygen atoms in total. The molecule has 0 saturated heterocycles. The normalized spacial score (nSPS) is 14.0. The Labute approximate surface area is 162 Å². The van der Waals surface area contributed by atoms with Crippen LogP contribution in [0.3, 0.4) is 0 Å². The highest BCUT2D eigenvalue weighted by atomic mass is 35.5. The summed E-state index contributed by atoms with van der Waals surface area (Å²) in [6.45, 7) is 4.63. The Hall–Kier alpha value is -1.88. The molecule has 0 aliphatic rings. The first kappa shape index (κ1) is 22.2. The molecule has 3 atom stereocenters. The van der Waals surface area contributed by atoms with Crippen LogP contribution in [0, 0.1) is 0 Å². The zero-order valence-corrected chi connectivity index (χ0v) is 16.2. The molecule has 0 bridgehead atoms. The highest BCUT2D eigenvalue weighted by Gasteiger charge is 2.22. The second kappa shape index (κ2) is 11.7. The summed E-state index contributed by atoms with van der Waals surface area (Å²) in [6, 6.07) is 19.0. The van der Waals surface area contributed by atoms with Crippen molar-refractivity contribution < 1.29 is 9.90 Å². The van der Waals surface area contributed by atoms with Crippen LogP contribution in [0.15, 0.2) is 60.7 Å². The van der Waals surface area contributed by atoms with Gasteiger partial charge in [0.1, 0.15) is 0 Å².